The first kappa shape index (κ1) is 9.26. The van der Waals surface area contributed by atoms with Crippen molar-refractivity contribution < 1.29 is 4.79 Å². The Morgan fingerprint density at radius 2 is 2.19 bits per heavy atom. The van der Waals surface area contributed by atoms with Crippen LogP contribution in [0.25, 0.3) is 0 Å². The molecule has 4 rings (SSSR count). The summed E-state index contributed by atoms with van der Waals surface area (Å²) in [5.74, 6) is 0.0502. The van der Waals surface area contributed by atoms with E-state index < -0.39 is 11.2 Å². The van der Waals surface area contributed by atoms with Crippen molar-refractivity contribution in [3.05, 3.63) is 35.2 Å². The molecule has 6 heteroatoms. The Bertz CT molecular complexity index is 542. The Morgan fingerprint density at radius 3 is 2.81 bits per heavy atom. The van der Waals surface area contributed by atoms with Gasteiger partial charge in [-0.3, -0.25) is 4.79 Å². The van der Waals surface area contributed by atoms with E-state index in [1.165, 1.54) is 17.1 Å². The summed E-state index contributed by atoms with van der Waals surface area (Å²) in [4.78, 5) is 27.1. The molecule has 6 nitrogen and oxygen atoms in total. The molecule has 1 aromatic rings. The maximum absolute atomic E-state index is 11.9. The van der Waals surface area contributed by atoms with E-state index in [1.807, 2.05) is 0 Å². The number of fused-ring (bicyclic) bond motifs is 2. The number of hydrogen-bond donors (Lipinski definition) is 1. The lowest BCUT2D eigenvalue weighted by molar-refractivity contribution is -0.142. The molecular formula is C10H10N4O2. The largest absolute Gasteiger partial charge is 0.364 e. The third-order valence-electron chi connectivity index (χ3n) is 3.38. The first-order chi connectivity index (χ1) is 7.63. The van der Waals surface area contributed by atoms with Crippen molar-refractivity contribution in [2.45, 2.75) is 18.4 Å². The van der Waals surface area contributed by atoms with Gasteiger partial charge >= 0.3 is 5.69 Å². The van der Waals surface area contributed by atoms with Crippen molar-refractivity contribution in [3.8, 4) is 0 Å². The number of rotatable bonds is 1. The minimum Gasteiger partial charge on any atom is -0.328 e. The SMILES string of the molecule is C=C1NC(=O)C2(n3nccnc3=O)CC1C2. The predicted molar refractivity (Wildman–Crippen MR) is 54.3 cm³/mol. The van der Waals surface area contributed by atoms with Crippen LogP contribution in [0.2, 0.25) is 0 Å². The summed E-state index contributed by atoms with van der Waals surface area (Å²) >= 11 is 0. The van der Waals surface area contributed by atoms with E-state index in [9.17, 15) is 9.59 Å². The zero-order valence-electron chi connectivity index (χ0n) is 8.51. The first-order valence-electron chi connectivity index (χ1n) is 5.04. The first-order valence-corrected chi connectivity index (χ1v) is 5.04. The fraction of sp³-hybridized carbons (Fsp3) is 0.400. The number of carbonyl (C=O) groups is 1. The lowest BCUT2D eigenvalue weighted by Gasteiger charge is -2.51. The molecule has 2 saturated heterocycles. The van der Waals surface area contributed by atoms with E-state index in [-0.39, 0.29) is 11.8 Å². The maximum Gasteiger partial charge on any atom is 0.364 e. The van der Waals surface area contributed by atoms with Crippen LogP contribution in [0, 0.1) is 5.92 Å². The fourth-order valence-corrected chi connectivity index (χ4v) is 2.41. The molecule has 16 heavy (non-hydrogen) atoms. The number of nitrogens with one attached hydrogen (secondary N) is 1. The number of carbonyl (C=O) groups excluding carboxylic acids is 1. The van der Waals surface area contributed by atoms with Crippen molar-refractivity contribution in [1.82, 2.24) is 20.1 Å². The molecule has 0 spiro atoms. The van der Waals surface area contributed by atoms with Crippen molar-refractivity contribution in [1.29, 1.82) is 0 Å². The minimum absolute atomic E-state index is 0.206. The molecule has 1 aliphatic carbocycles. The van der Waals surface area contributed by atoms with Crippen LogP contribution in [0.4, 0.5) is 0 Å². The van der Waals surface area contributed by atoms with E-state index in [2.05, 4.69) is 22.0 Å². The van der Waals surface area contributed by atoms with Gasteiger partial charge in [0, 0.05) is 11.6 Å². The van der Waals surface area contributed by atoms with Crippen LogP contribution in [0.1, 0.15) is 12.8 Å². The minimum atomic E-state index is -0.836. The molecule has 3 fully saturated rings. The molecule has 2 bridgehead atoms. The van der Waals surface area contributed by atoms with Gasteiger partial charge in [0.2, 0.25) is 0 Å². The second kappa shape index (κ2) is 2.78. The molecule has 1 aromatic heterocycles. The molecule has 0 radical (unpaired) electrons. The lowest BCUT2D eigenvalue weighted by Crippen LogP contribution is -2.66. The quantitative estimate of drug-likeness (QED) is 0.682. The number of hydrogen-bond acceptors (Lipinski definition) is 4. The number of amides is 1. The third-order valence-corrected chi connectivity index (χ3v) is 3.38. The Kier molecular flexibility index (Phi) is 1.61. The average molecular weight is 218 g/mol. The molecule has 1 N–H and O–H groups in total. The second-order valence-corrected chi connectivity index (χ2v) is 4.25. The van der Waals surface area contributed by atoms with Crippen LogP contribution in [0.3, 0.4) is 0 Å². The number of piperidine rings is 2. The summed E-state index contributed by atoms with van der Waals surface area (Å²) in [5.41, 5.74) is -0.579. The van der Waals surface area contributed by atoms with Crippen molar-refractivity contribution >= 4 is 5.91 Å². The molecule has 0 aromatic carbocycles. The van der Waals surface area contributed by atoms with Gasteiger partial charge in [0.25, 0.3) is 5.91 Å². The van der Waals surface area contributed by atoms with Gasteiger partial charge in [-0.05, 0) is 12.8 Å². The molecule has 2 aliphatic heterocycles. The van der Waals surface area contributed by atoms with Gasteiger partial charge in [0.15, 0.2) is 0 Å². The van der Waals surface area contributed by atoms with Gasteiger partial charge in [0.1, 0.15) is 5.54 Å². The number of allylic oxidation sites excluding steroid dienone is 1. The summed E-state index contributed by atoms with van der Waals surface area (Å²) in [6.07, 6.45) is 3.93. The van der Waals surface area contributed by atoms with Crippen LogP contribution >= 0.6 is 0 Å². The van der Waals surface area contributed by atoms with Crippen LogP contribution in [0.5, 0.6) is 0 Å². The molecule has 0 atom stereocenters. The van der Waals surface area contributed by atoms with Crippen molar-refractivity contribution in [2.75, 3.05) is 0 Å². The van der Waals surface area contributed by atoms with Crippen molar-refractivity contribution in [3.63, 3.8) is 0 Å². The highest BCUT2D eigenvalue weighted by Gasteiger charge is 2.58. The number of nitrogens with zero attached hydrogens (tertiary/aromatic N) is 3. The molecule has 0 unspecified atom stereocenters. The molecule has 1 amide bonds. The average Bonchev–Trinajstić information content (AvgIpc) is 2.17. The Morgan fingerprint density at radius 1 is 1.44 bits per heavy atom. The fourth-order valence-electron chi connectivity index (χ4n) is 2.41. The standard InChI is InChI=1S/C10H10N4O2/c1-6-7-4-10(5-7,8(15)13-6)14-9(16)11-2-3-12-14/h2-3,7H,1,4-5H2,(H,13,15). The smallest absolute Gasteiger partial charge is 0.328 e. The molecule has 3 heterocycles. The summed E-state index contributed by atoms with van der Waals surface area (Å²) < 4.78 is 1.19. The van der Waals surface area contributed by atoms with Gasteiger partial charge in [-0.1, -0.05) is 6.58 Å². The zero-order chi connectivity index (χ0) is 11.3. The maximum atomic E-state index is 11.9. The molecule has 82 valence electrons. The van der Waals surface area contributed by atoms with Crippen molar-refractivity contribution in [2.24, 2.45) is 5.92 Å². The second-order valence-electron chi connectivity index (χ2n) is 4.25. The zero-order valence-corrected chi connectivity index (χ0v) is 8.51. The van der Waals surface area contributed by atoms with Gasteiger partial charge in [0.05, 0.1) is 12.4 Å². The summed E-state index contributed by atoms with van der Waals surface area (Å²) in [5, 5.41) is 6.62. The Hall–Kier alpha value is -1.98. The third kappa shape index (κ3) is 0.959. The summed E-state index contributed by atoms with van der Waals surface area (Å²) in [6.45, 7) is 3.78. The highest BCUT2D eigenvalue weighted by atomic mass is 16.2. The van der Waals surface area contributed by atoms with Crippen LogP contribution in [-0.2, 0) is 10.3 Å². The van der Waals surface area contributed by atoms with Gasteiger partial charge in [-0.15, -0.1) is 0 Å². The van der Waals surface area contributed by atoms with E-state index in [0.717, 1.165) is 5.70 Å². The summed E-state index contributed by atoms with van der Waals surface area (Å²) in [7, 11) is 0. The summed E-state index contributed by atoms with van der Waals surface area (Å²) in [6, 6.07) is 0. The Balaban J connectivity index is 2.09. The predicted octanol–water partition coefficient (Wildman–Crippen LogP) is -0.613. The Labute approximate surface area is 91.0 Å². The normalized spacial score (nSPS) is 31.9. The van der Waals surface area contributed by atoms with E-state index in [0.29, 0.717) is 12.8 Å². The lowest BCUT2D eigenvalue weighted by atomic mass is 9.63. The highest BCUT2D eigenvalue weighted by Crippen LogP contribution is 2.49. The van der Waals surface area contributed by atoms with Gasteiger partial charge in [-0.2, -0.15) is 14.8 Å². The monoisotopic (exact) mass is 218 g/mol. The van der Waals surface area contributed by atoms with Gasteiger partial charge < -0.3 is 5.32 Å². The van der Waals surface area contributed by atoms with E-state index in [4.69, 9.17) is 0 Å². The molecule has 3 aliphatic rings. The van der Waals surface area contributed by atoms with Crippen LogP contribution in [0.15, 0.2) is 29.5 Å². The number of aromatic nitrogens is 3. The topological polar surface area (TPSA) is 76.9 Å². The van der Waals surface area contributed by atoms with E-state index >= 15 is 0 Å². The van der Waals surface area contributed by atoms with E-state index in [1.54, 1.807) is 0 Å². The van der Waals surface area contributed by atoms with Crippen LogP contribution in [-0.4, -0.2) is 20.7 Å². The van der Waals surface area contributed by atoms with Crippen LogP contribution < -0.4 is 11.0 Å². The molecule has 1 saturated carbocycles. The molecular weight excluding hydrogens is 208 g/mol. The highest BCUT2D eigenvalue weighted by molar-refractivity contribution is 5.89. The van der Waals surface area contributed by atoms with Gasteiger partial charge in [-0.25, -0.2) is 4.79 Å².